The Morgan fingerprint density at radius 1 is 1.29 bits per heavy atom. The Kier molecular flexibility index (Phi) is 5.20. The summed E-state index contributed by atoms with van der Waals surface area (Å²) in [6.45, 7) is 2.86. The van der Waals surface area contributed by atoms with Crippen LogP contribution >= 0.6 is 0 Å². The minimum Gasteiger partial charge on any atom is -0.366 e. The molecule has 1 heterocycles. The predicted octanol–water partition coefficient (Wildman–Crippen LogP) is 2.37. The second-order valence-electron chi connectivity index (χ2n) is 4.49. The number of amides is 1. The normalized spacial score (nSPS) is 10.2. The molecule has 21 heavy (non-hydrogen) atoms. The number of benzene rings is 1. The molecule has 0 aliphatic carbocycles. The second kappa shape index (κ2) is 7.33. The van der Waals surface area contributed by atoms with Gasteiger partial charge in [-0.2, -0.15) is 0 Å². The number of hydrogen-bond donors (Lipinski definition) is 2. The highest BCUT2D eigenvalue weighted by Crippen LogP contribution is 2.10. The Hall–Kier alpha value is -2.50. The van der Waals surface area contributed by atoms with E-state index < -0.39 is 0 Å². The number of carbonyl (C=O) groups excluding carboxylic acids is 1. The van der Waals surface area contributed by atoms with Gasteiger partial charge in [-0.05, 0) is 12.5 Å². The zero-order valence-electron chi connectivity index (χ0n) is 11.8. The predicted molar refractivity (Wildman–Crippen MR) is 78.4 cm³/mol. The molecule has 110 valence electrons. The van der Waals surface area contributed by atoms with Crippen LogP contribution in [0.5, 0.6) is 0 Å². The Bertz CT molecular complexity index is 618. The highest BCUT2D eigenvalue weighted by atomic mass is 19.1. The quantitative estimate of drug-likeness (QED) is 0.856. The smallest absolute Gasteiger partial charge is 0.270 e. The molecule has 0 bridgehead atoms. The third kappa shape index (κ3) is 4.24. The highest BCUT2D eigenvalue weighted by molar-refractivity contribution is 5.92. The minimum absolute atomic E-state index is 0.242. The van der Waals surface area contributed by atoms with Crippen molar-refractivity contribution in [2.24, 2.45) is 0 Å². The van der Waals surface area contributed by atoms with Crippen LogP contribution in [0.15, 0.2) is 36.7 Å². The van der Waals surface area contributed by atoms with Crippen LogP contribution < -0.4 is 10.6 Å². The van der Waals surface area contributed by atoms with Gasteiger partial charge in [-0.15, -0.1) is 0 Å². The van der Waals surface area contributed by atoms with E-state index in [-0.39, 0.29) is 17.4 Å². The van der Waals surface area contributed by atoms with Gasteiger partial charge >= 0.3 is 0 Å². The number of carbonyl (C=O) groups is 1. The van der Waals surface area contributed by atoms with E-state index in [1.54, 1.807) is 24.3 Å². The molecule has 1 aromatic heterocycles. The number of aromatic nitrogens is 2. The van der Waals surface area contributed by atoms with E-state index in [9.17, 15) is 9.18 Å². The molecular formula is C15H17FN4O. The van der Waals surface area contributed by atoms with Crippen molar-refractivity contribution in [3.8, 4) is 0 Å². The van der Waals surface area contributed by atoms with Crippen molar-refractivity contribution >= 4 is 11.7 Å². The number of rotatable bonds is 6. The third-order valence-electron chi connectivity index (χ3n) is 2.85. The average molecular weight is 288 g/mol. The molecule has 0 spiro atoms. The summed E-state index contributed by atoms with van der Waals surface area (Å²) in [6, 6.07) is 8.05. The van der Waals surface area contributed by atoms with Crippen LogP contribution in [-0.2, 0) is 6.54 Å². The Morgan fingerprint density at radius 3 is 2.86 bits per heavy atom. The number of hydrogen-bond acceptors (Lipinski definition) is 4. The van der Waals surface area contributed by atoms with Crippen molar-refractivity contribution in [1.29, 1.82) is 0 Å². The van der Waals surface area contributed by atoms with E-state index in [1.807, 2.05) is 6.92 Å². The van der Waals surface area contributed by atoms with Gasteiger partial charge in [0.15, 0.2) is 0 Å². The summed E-state index contributed by atoms with van der Waals surface area (Å²) in [5.41, 5.74) is 0.822. The summed E-state index contributed by atoms with van der Waals surface area (Å²) in [5, 5.41) is 5.72. The van der Waals surface area contributed by atoms with Crippen LogP contribution in [0.2, 0.25) is 0 Å². The van der Waals surface area contributed by atoms with E-state index in [4.69, 9.17) is 0 Å². The van der Waals surface area contributed by atoms with Gasteiger partial charge in [0, 0.05) is 24.7 Å². The van der Waals surface area contributed by atoms with Gasteiger partial charge in [-0.3, -0.25) is 4.79 Å². The maximum atomic E-state index is 13.5. The lowest BCUT2D eigenvalue weighted by Crippen LogP contribution is -2.25. The summed E-state index contributed by atoms with van der Waals surface area (Å²) in [6.07, 6.45) is 2.17. The molecule has 0 radical (unpaired) electrons. The first-order valence-corrected chi connectivity index (χ1v) is 6.78. The summed E-state index contributed by atoms with van der Waals surface area (Å²) in [7, 11) is 0. The minimum atomic E-state index is -0.278. The molecule has 0 aliphatic heterocycles. The molecule has 0 fully saturated rings. The molecule has 1 amide bonds. The van der Waals surface area contributed by atoms with E-state index in [0.717, 1.165) is 6.42 Å². The van der Waals surface area contributed by atoms with Crippen molar-refractivity contribution in [2.45, 2.75) is 19.9 Å². The molecule has 6 heteroatoms. The lowest BCUT2D eigenvalue weighted by molar-refractivity contribution is 0.0948. The van der Waals surface area contributed by atoms with Crippen LogP contribution in [0.25, 0.3) is 0 Å². The van der Waals surface area contributed by atoms with Crippen LogP contribution in [0.1, 0.15) is 29.4 Å². The molecule has 5 nitrogen and oxygen atoms in total. The lowest BCUT2D eigenvalue weighted by atomic mass is 10.2. The molecule has 0 aliphatic rings. The van der Waals surface area contributed by atoms with Crippen molar-refractivity contribution in [1.82, 2.24) is 15.3 Å². The monoisotopic (exact) mass is 288 g/mol. The molecule has 1 aromatic carbocycles. The summed E-state index contributed by atoms with van der Waals surface area (Å²) >= 11 is 0. The standard InChI is InChI=1S/C15H17FN4O/c1-2-7-17-15(21)13-8-14(20-10-19-13)18-9-11-5-3-4-6-12(11)16/h3-6,8,10H,2,7,9H2,1H3,(H,17,21)(H,18,19,20). The zero-order chi connectivity index (χ0) is 15.1. The van der Waals surface area contributed by atoms with Gasteiger partial charge in [0.25, 0.3) is 5.91 Å². The van der Waals surface area contributed by atoms with Gasteiger partial charge in [-0.25, -0.2) is 14.4 Å². The Balaban J connectivity index is 2.01. The fourth-order valence-corrected chi connectivity index (χ4v) is 1.73. The zero-order valence-corrected chi connectivity index (χ0v) is 11.8. The topological polar surface area (TPSA) is 66.9 Å². The first-order valence-electron chi connectivity index (χ1n) is 6.78. The molecule has 0 atom stereocenters. The van der Waals surface area contributed by atoms with Crippen molar-refractivity contribution in [2.75, 3.05) is 11.9 Å². The van der Waals surface area contributed by atoms with Crippen LogP contribution in [0.4, 0.5) is 10.2 Å². The third-order valence-corrected chi connectivity index (χ3v) is 2.85. The number of anilines is 1. The average Bonchev–Trinajstić information content (AvgIpc) is 2.52. The summed E-state index contributed by atoms with van der Waals surface area (Å²) in [4.78, 5) is 19.7. The number of halogens is 1. The van der Waals surface area contributed by atoms with E-state index in [0.29, 0.717) is 24.5 Å². The van der Waals surface area contributed by atoms with E-state index in [2.05, 4.69) is 20.6 Å². The molecule has 0 unspecified atom stereocenters. The van der Waals surface area contributed by atoms with Crippen molar-refractivity contribution in [3.63, 3.8) is 0 Å². The fourth-order valence-electron chi connectivity index (χ4n) is 1.73. The van der Waals surface area contributed by atoms with Crippen LogP contribution in [0.3, 0.4) is 0 Å². The first-order chi connectivity index (χ1) is 10.2. The van der Waals surface area contributed by atoms with Gasteiger partial charge in [-0.1, -0.05) is 25.1 Å². The van der Waals surface area contributed by atoms with Gasteiger partial charge in [0.1, 0.15) is 23.7 Å². The molecule has 2 aromatic rings. The molecule has 0 saturated heterocycles. The lowest BCUT2D eigenvalue weighted by Gasteiger charge is -2.08. The van der Waals surface area contributed by atoms with Gasteiger partial charge in [0.05, 0.1) is 0 Å². The van der Waals surface area contributed by atoms with Gasteiger partial charge < -0.3 is 10.6 Å². The summed E-state index contributed by atoms with van der Waals surface area (Å²) in [5.74, 6) is -0.0388. The molecular weight excluding hydrogens is 271 g/mol. The van der Waals surface area contributed by atoms with Crippen LogP contribution in [-0.4, -0.2) is 22.4 Å². The second-order valence-corrected chi connectivity index (χ2v) is 4.49. The van der Waals surface area contributed by atoms with Crippen molar-refractivity contribution < 1.29 is 9.18 Å². The number of nitrogens with zero attached hydrogens (tertiary/aromatic N) is 2. The first kappa shape index (κ1) is 14.9. The molecule has 0 saturated carbocycles. The highest BCUT2D eigenvalue weighted by Gasteiger charge is 2.08. The molecule has 2 rings (SSSR count). The maximum Gasteiger partial charge on any atom is 0.270 e. The fraction of sp³-hybridized carbons (Fsp3) is 0.267. The summed E-state index contributed by atoms with van der Waals surface area (Å²) < 4.78 is 13.5. The Labute approximate surface area is 122 Å². The van der Waals surface area contributed by atoms with Crippen LogP contribution in [0, 0.1) is 5.82 Å². The van der Waals surface area contributed by atoms with Gasteiger partial charge in [0.2, 0.25) is 0 Å². The van der Waals surface area contributed by atoms with E-state index >= 15 is 0 Å². The largest absolute Gasteiger partial charge is 0.366 e. The maximum absolute atomic E-state index is 13.5. The van der Waals surface area contributed by atoms with E-state index in [1.165, 1.54) is 12.4 Å². The number of nitrogens with one attached hydrogen (secondary N) is 2. The molecule has 2 N–H and O–H groups in total. The Morgan fingerprint density at radius 2 is 2.10 bits per heavy atom. The van der Waals surface area contributed by atoms with Crippen molar-refractivity contribution in [3.05, 3.63) is 53.7 Å². The SMILES string of the molecule is CCCNC(=O)c1cc(NCc2ccccc2F)ncn1.